The number of carbonyl (C=O) groups is 1. The molecule has 0 radical (unpaired) electrons. The third-order valence-electron chi connectivity index (χ3n) is 4.28. The second kappa shape index (κ2) is 6.58. The molecular formula is C20H20N2O3. The fourth-order valence-electron chi connectivity index (χ4n) is 3.09. The van der Waals surface area contributed by atoms with Gasteiger partial charge in [-0.15, -0.1) is 0 Å². The molecule has 1 amide bonds. The Balaban J connectivity index is 1.87. The minimum absolute atomic E-state index is 0.335. The lowest BCUT2D eigenvalue weighted by Crippen LogP contribution is -2.42. The van der Waals surface area contributed by atoms with Crippen LogP contribution in [0, 0.1) is 11.3 Å². The van der Waals surface area contributed by atoms with Crippen LogP contribution in [0.15, 0.2) is 48.5 Å². The number of nitrogens with zero attached hydrogens (tertiary/aromatic N) is 1. The van der Waals surface area contributed by atoms with Crippen molar-refractivity contribution in [3.05, 3.63) is 65.2 Å². The molecule has 0 saturated carbocycles. The Labute approximate surface area is 146 Å². The number of rotatable bonds is 3. The largest absolute Gasteiger partial charge is 0.487 e. The first-order valence-corrected chi connectivity index (χ1v) is 8.16. The van der Waals surface area contributed by atoms with E-state index in [0.717, 1.165) is 5.56 Å². The molecule has 2 aromatic rings. The molecule has 25 heavy (non-hydrogen) atoms. The molecule has 5 nitrogen and oxygen atoms in total. The molecule has 0 saturated heterocycles. The van der Waals surface area contributed by atoms with E-state index in [4.69, 9.17) is 10.00 Å². The van der Waals surface area contributed by atoms with Crippen LogP contribution >= 0.6 is 0 Å². The quantitative estimate of drug-likeness (QED) is 0.902. The second-order valence-corrected chi connectivity index (χ2v) is 6.80. The van der Waals surface area contributed by atoms with Crippen molar-refractivity contribution in [1.82, 2.24) is 5.32 Å². The Morgan fingerprint density at radius 2 is 2.04 bits per heavy atom. The maximum atomic E-state index is 12.5. The Morgan fingerprint density at radius 3 is 2.72 bits per heavy atom. The van der Waals surface area contributed by atoms with Gasteiger partial charge in [-0.2, -0.15) is 5.26 Å². The Hall–Kier alpha value is -2.84. The normalized spacial score (nSPS) is 19.0. The summed E-state index contributed by atoms with van der Waals surface area (Å²) in [5.41, 5.74) is 1.34. The van der Waals surface area contributed by atoms with Crippen molar-refractivity contribution in [1.29, 1.82) is 5.26 Å². The predicted molar refractivity (Wildman–Crippen MR) is 92.8 cm³/mol. The van der Waals surface area contributed by atoms with Crippen molar-refractivity contribution in [2.24, 2.45) is 0 Å². The van der Waals surface area contributed by atoms with Gasteiger partial charge in [-0.25, -0.2) is 0 Å². The Bertz CT molecular complexity index is 825. The van der Waals surface area contributed by atoms with Crippen LogP contribution in [0.25, 0.3) is 0 Å². The first kappa shape index (κ1) is 17.0. The molecule has 128 valence electrons. The number of hydrogen-bond donors (Lipinski definition) is 2. The molecule has 5 heteroatoms. The van der Waals surface area contributed by atoms with Gasteiger partial charge in [0.15, 0.2) is 6.10 Å². The summed E-state index contributed by atoms with van der Waals surface area (Å²) in [6.45, 7) is 3.89. The number of nitrogens with one attached hydrogen (secondary N) is 1. The van der Waals surface area contributed by atoms with Crippen molar-refractivity contribution in [2.45, 2.75) is 38.0 Å². The third-order valence-corrected chi connectivity index (χ3v) is 4.28. The van der Waals surface area contributed by atoms with Gasteiger partial charge in [-0.05, 0) is 37.6 Å². The highest BCUT2D eigenvalue weighted by Crippen LogP contribution is 2.40. The zero-order valence-electron chi connectivity index (χ0n) is 14.2. The van der Waals surface area contributed by atoms with Crippen LogP contribution in [-0.4, -0.2) is 16.6 Å². The molecule has 0 bridgehead atoms. The number of aliphatic hydroxyl groups excluding tert-OH is 1. The van der Waals surface area contributed by atoms with E-state index in [1.165, 1.54) is 0 Å². The lowest BCUT2D eigenvalue weighted by atomic mass is 9.88. The Kier molecular flexibility index (Phi) is 4.47. The van der Waals surface area contributed by atoms with Crippen LogP contribution in [0.4, 0.5) is 0 Å². The van der Waals surface area contributed by atoms with Crippen molar-refractivity contribution in [3.63, 3.8) is 0 Å². The number of amides is 1. The summed E-state index contributed by atoms with van der Waals surface area (Å²) in [5.74, 6) is 0.178. The summed E-state index contributed by atoms with van der Waals surface area (Å²) in [5, 5.41) is 22.3. The first-order chi connectivity index (χ1) is 11.9. The highest BCUT2D eigenvalue weighted by molar-refractivity contribution is 5.82. The molecule has 2 atom stereocenters. The molecule has 1 aliphatic rings. The molecule has 2 N–H and O–H groups in total. The topological polar surface area (TPSA) is 82.4 Å². The molecule has 0 fully saturated rings. The standard InChI is InChI=1S/C20H20N2O3/c1-20(2)11-16(15-10-13(12-21)8-9-17(15)25-20)22-19(24)18(23)14-6-4-3-5-7-14/h3-10,16,18,23H,11H2,1-2H3,(H,22,24)/t16-,18?/m0/s1. The van der Waals surface area contributed by atoms with Gasteiger partial charge in [-0.3, -0.25) is 4.79 Å². The van der Waals surface area contributed by atoms with Crippen molar-refractivity contribution >= 4 is 5.91 Å². The van der Waals surface area contributed by atoms with Gasteiger partial charge in [0.2, 0.25) is 0 Å². The van der Waals surface area contributed by atoms with Crippen molar-refractivity contribution in [3.8, 4) is 11.8 Å². The van der Waals surface area contributed by atoms with E-state index in [-0.39, 0.29) is 6.04 Å². The first-order valence-electron chi connectivity index (χ1n) is 8.16. The number of ether oxygens (including phenoxy) is 1. The maximum absolute atomic E-state index is 12.5. The number of carbonyl (C=O) groups excluding carboxylic acids is 1. The highest BCUT2D eigenvalue weighted by Gasteiger charge is 2.35. The zero-order valence-corrected chi connectivity index (χ0v) is 14.2. The lowest BCUT2D eigenvalue weighted by molar-refractivity contribution is -0.131. The van der Waals surface area contributed by atoms with Crippen LogP contribution < -0.4 is 10.1 Å². The fraction of sp³-hybridized carbons (Fsp3) is 0.300. The van der Waals surface area contributed by atoms with E-state index in [1.807, 2.05) is 19.9 Å². The monoisotopic (exact) mass is 336 g/mol. The van der Waals surface area contributed by atoms with Gasteiger partial charge in [0.05, 0.1) is 17.7 Å². The van der Waals surface area contributed by atoms with Gasteiger partial charge in [0.1, 0.15) is 11.4 Å². The van der Waals surface area contributed by atoms with E-state index >= 15 is 0 Å². The molecule has 1 unspecified atom stereocenters. The molecular weight excluding hydrogens is 316 g/mol. The van der Waals surface area contributed by atoms with E-state index in [2.05, 4.69) is 11.4 Å². The summed E-state index contributed by atoms with van der Waals surface area (Å²) in [6.07, 6.45) is -0.697. The minimum Gasteiger partial charge on any atom is -0.487 e. The van der Waals surface area contributed by atoms with Crippen LogP contribution in [0.1, 0.15) is 49.1 Å². The van der Waals surface area contributed by atoms with Gasteiger partial charge in [0.25, 0.3) is 5.91 Å². The molecule has 3 rings (SSSR count). The van der Waals surface area contributed by atoms with Crippen molar-refractivity contribution in [2.75, 3.05) is 0 Å². The SMILES string of the molecule is CC1(C)C[C@H](NC(=O)C(O)c2ccccc2)c2cc(C#N)ccc2O1. The number of nitriles is 1. The van der Waals surface area contributed by atoms with Gasteiger partial charge in [-0.1, -0.05) is 30.3 Å². The van der Waals surface area contributed by atoms with E-state index in [0.29, 0.717) is 23.3 Å². The van der Waals surface area contributed by atoms with E-state index < -0.39 is 17.6 Å². The number of fused-ring (bicyclic) bond motifs is 1. The van der Waals surface area contributed by atoms with Crippen LogP contribution in [-0.2, 0) is 4.79 Å². The molecule has 0 spiro atoms. The van der Waals surface area contributed by atoms with Gasteiger partial charge >= 0.3 is 0 Å². The summed E-state index contributed by atoms with van der Waals surface area (Å²) in [4.78, 5) is 12.5. The van der Waals surface area contributed by atoms with E-state index in [1.54, 1.807) is 42.5 Å². The highest BCUT2D eigenvalue weighted by atomic mass is 16.5. The van der Waals surface area contributed by atoms with Gasteiger partial charge in [0, 0.05) is 12.0 Å². The Morgan fingerprint density at radius 1 is 1.32 bits per heavy atom. The van der Waals surface area contributed by atoms with Crippen LogP contribution in [0.3, 0.4) is 0 Å². The number of hydrogen-bond acceptors (Lipinski definition) is 4. The summed E-state index contributed by atoms with van der Waals surface area (Å²) < 4.78 is 5.95. The van der Waals surface area contributed by atoms with Crippen LogP contribution in [0.2, 0.25) is 0 Å². The minimum atomic E-state index is -1.24. The zero-order chi connectivity index (χ0) is 18.0. The smallest absolute Gasteiger partial charge is 0.253 e. The summed E-state index contributed by atoms with van der Waals surface area (Å²) in [6, 6.07) is 15.7. The summed E-state index contributed by atoms with van der Waals surface area (Å²) >= 11 is 0. The average molecular weight is 336 g/mol. The van der Waals surface area contributed by atoms with E-state index in [9.17, 15) is 9.90 Å². The van der Waals surface area contributed by atoms with Gasteiger partial charge < -0.3 is 15.2 Å². The average Bonchev–Trinajstić information content (AvgIpc) is 2.60. The second-order valence-electron chi connectivity index (χ2n) is 6.80. The third kappa shape index (κ3) is 3.65. The molecule has 0 aromatic heterocycles. The van der Waals surface area contributed by atoms with Crippen molar-refractivity contribution < 1.29 is 14.6 Å². The molecule has 1 aliphatic heterocycles. The number of aliphatic hydroxyl groups is 1. The number of benzene rings is 2. The lowest BCUT2D eigenvalue weighted by Gasteiger charge is -2.38. The maximum Gasteiger partial charge on any atom is 0.253 e. The predicted octanol–water partition coefficient (Wildman–Crippen LogP) is 3.01. The fourth-order valence-corrected chi connectivity index (χ4v) is 3.09. The van der Waals surface area contributed by atoms with Crippen LogP contribution in [0.5, 0.6) is 5.75 Å². The molecule has 2 aromatic carbocycles. The molecule has 0 aliphatic carbocycles. The molecule has 1 heterocycles. The summed E-state index contributed by atoms with van der Waals surface area (Å²) in [7, 11) is 0.